The van der Waals surface area contributed by atoms with Gasteiger partial charge in [0.05, 0.1) is 10.7 Å². The van der Waals surface area contributed by atoms with Crippen LogP contribution < -0.4 is 20.9 Å². The van der Waals surface area contributed by atoms with Crippen LogP contribution in [0.4, 0.5) is 22.7 Å². The molecule has 0 aliphatic heterocycles. The van der Waals surface area contributed by atoms with Gasteiger partial charge in [0.1, 0.15) is 0 Å². The molecule has 8 heteroatoms. The van der Waals surface area contributed by atoms with Crippen molar-refractivity contribution in [3.63, 3.8) is 0 Å². The molecule has 0 fully saturated rings. The lowest BCUT2D eigenvalue weighted by Crippen LogP contribution is -2.33. The number of carbonyl (C=O) groups is 1. The van der Waals surface area contributed by atoms with E-state index in [1.165, 1.54) is 6.92 Å². The summed E-state index contributed by atoms with van der Waals surface area (Å²) in [6.45, 7) is 9.81. The molecule has 6 nitrogen and oxygen atoms in total. The van der Waals surface area contributed by atoms with Gasteiger partial charge in [0, 0.05) is 44.1 Å². The van der Waals surface area contributed by atoms with E-state index in [1.807, 2.05) is 42.5 Å². The summed E-state index contributed by atoms with van der Waals surface area (Å²) in [5, 5.41) is 10.1. The first-order chi connectivity index (χ1) is 14.3. The zero-order valence-corrected chi connectivity index (χ0v) is 19.5. The Morgan fingerprint density at radius 3 is 2.00 bits per heavy atom. The lowest BCUT2D eigenvalue weighted by atomic mass is 10.2. The maximum absolute atomic E-state index is 11.1. The molecular formula is C22H30ClN5OS. The van der Waals surface area contributed by atoms with Crippen molar-refractivity contribution >= 4 is 57.6 Å². The molecule has 3 N–H and O–H groups in total. The number of amides is 1. The van der Waals surface area contributed by atoms with Crippen LogP contribution in [-0.4, -0.2) is 49.1 Å². The van der Waals surface area contributed by atoms with Gasteiger partial charge in [0.25, 0.3) is 0 Å². The van der Waals surface area contributed by atoms with Crippen molar-refractivity contribution in [2.45, 2.75) is 20.8 Å². The number of halogens is 1. The molecule has 2 aromatic rings. The zero-order chi connectivity index (χ0) is 22.1. The highest BCUT2D eigenvalue weighted by Crippen LogP contribution is 2.28. The van der Waals surface area contributed by atoms with Crippen molar-refractivity contribution in [3.05, 3.63) is 47.5 Å². The van der Waals surface area contributed by atoms with E-state index in [4.69, 9.17) is 23.8 Å². The van der Waals surface area contributed by atoms with Gasteiger partial charge in [0.2, 0.25) is 5.91 Å². The van der Waals surface area contributed by atoms with E-state index in [-0.39, 0.29) is 5.91 Å². The van der Waals surface area contributed by atoms with Crippen molar-refractivity contribution in [1.82, 2.24) is 4.90 Å². The first kappa shape index (κ1) is 23.9. The third-order valence-electron chi connectivity index (χ3n) is 4.73. The van der Waals surface area contributed by atoms with E-state index < -0.39 is 0 Å². The summed E-state index contributed by atoms with van der Waals surface area (Å²) in [7, 11) is 2.05. The van der Waals surface area contributed by atoms with Crippen molar-refractivity contribution in [3.8, 4) is 0 Å². The minimum atomic E-state index is -0.105. The summed E-state index contributed by atoms with van der Waals surface area (Å²) >= 11 is 11.9. The number of rotatable bonds is 9. The molecule has 0 atom stereocenters. The molecule has 0 saturated carbocycles. The van der Waals surface area contributed by atoms with Crippen molar-refractivity contribution < 1.29 is 4.79 Å². The predicted octanol–water partition coefficient (Wildman–Crippen LogP) is 4.89. The second-order valence-corrected chi connectivity index (χ2v) is 7.77. The zero-order valence-electron chi connectivity index (χ0n) is 18.0. The Balaban J connectivity index is 1.93. The highest BCUT2D eigenvalue weighted by atomic mass is 35.5. The molecule has 0 aliphatic carbocycles. The molecule has 0 spiro atoms. The number of hydrogen-bond acceptors (Lipinski definition) is 4. The molecule has 0 saturated heterocycles. The van der Waals surface area contributed by atoms with Gasteiger partial charge in [-0.15, -0.1) is 0 Å². The van der Waals surface area contributed by atoms with Crippen LogP contribution in [0.2, 0.25) is 5.02 Å². The highest BCUT2D eigenvalue weighted by molar-refractivity contribution is 7.80. The molecule has 0 radical (unpaired) electrons. The van der Waals surface area contributed by atoms with Gasteiger partial charge in [-0.05, 0) is 67.8 Å². The van der Waals surface area contributed by atoms with Crippen LogP contribution in [0.5, 0.6) is 0 Å². The molecule has 0 bridgehead atoms. The van der Waals surface area contributed by atoms with Gasteiger partial charge >= 0.3 is 0 Å². The molecule has 30 heavy (non-hydrogen) atoms. The van der Waals surface area contributed by atoms with Crippen LogP contribution in [0, 0.1) is 0 Å². The number of benzene rings is 2. The molecule has 162 valence electrons. The maximum atomic E-state index is 11.1. The van der Waals surface area contributed by atoms with Crippen LogP contribution in [0.1, 0.15) is 20.8 Å². The van der Waals surface area contributed by atoms with E-state index in [9.17, 15) is 4.79 Å². The lowest BCUT2D eigenvalue weighted by Gasteiger charge is -2.25. The monoisotopic (exact) mass is 447 g/mol. The molecule has 0 unspecified atom stereocenters. The molecule has 0 aromatic heterocycles. The Bertz CT molecular complexity index is 855. The van der Waals surface area contributed by atoms with E-state index in [0.29, 0.717) is 10.1 Å². The molecule has 2 aromatic carbocycles. The third kappa shape index (κ3) is 7.48. The van der Waals surface area contributed by atoms with Crippen molar-refractivity contribution in [2.24, 2.45) is 0 Å². The van der Waals surface area contributed by atoms with E-state index in [1.54, 1.807) is 0 Å². The predicted molar refractivity (Wildman–Crippen MR) is 133 cm³/mol. The van der Waals surface area contributed by atoms with E-state index >= 15 is 0 Å². The van der Waals surface area contributed by atoms with Gasteiger partial charge in [-0.3, -0.25) is 4.79 Å². The quantitative estimate of drug-likeness (QED) is 0.476. The van der Waals surface area contributed by atoms with E-state index in [2.05, 4.69) is 46.6 Å². The van der Waals surface area contributed by atoms with Crippen LogP contribution in [0.3, 0.4) is 0 Å². The molecular weight excluding hydrogens is 418 g/mol. The molecule has 2 rings (SSSR count). The van der Waals surface area contributed by atoms with Crippen LogP contribution in [0.25, 0.3) is 0 Å². The minimum absolute atomic E-state index is 0.105. The van der Waals surface area contributed by atoms with Crippen molar-refractivity contribution in [2.75, 3.05) is 54.1 Å². The van der Waals surface area contributed by atoms with Gasteiger partial charge in [-0.25, -0.2) is 0 Å². The van der Waals surface area contributed by atoms with Crippen LogP contribution >= 0.6 is 23.8 Å². The number of hydrogen-bond donors (Lipinski definition) is 3. The number of carbonyl (C=O) groups excluding carboxylic acids is 1. The molecule has 1 amide bonds. The average molecular weight is 448 g/mol. The number of likely N-dealkylation sites (N-methyl/N-ethyl adjacent to an activating group) is 2. The van der Waals surface area contributed by atoms with Crippen LogP contribution in [-0.2, 0) is 4.79 Å². The molecule has 0 heterocycles. The summed E-state index contributed by atoms with van der Waals surface area (Å²) in [5.74, 6) is -0.105. The largest absolute Gasteiger partial charge is 0.372 e. The minimum Gasteiger partial charge on any atom is -0.372 e. The SMILES string of the molecule is CCN(CC)CCN(C)c1ccc(NC(=S)Nc2ccc(NC(C)=O)cc2)cc1Cl. The Kier molecular flexibility index (Phi) is 9.36. The first-order valence-corrected chi connectivity index (χ1v) is 10.8. The van der Waals surface area contributed by atoms with Gasteiger partial charge in [0.15, 0.2) is 5.11 Å². The Morgan fingerprint density at radius 1 is 0.933 bits per heavy atom. The summed E-state index contributed by atoms with van der Waals surface area (Å²) in [6, 6.07) is 13.2. The number of nitrogens with one attached hydrogen (secondary N) is 3. The van der Waals surface area contributed by atoms with Crippen molar-refractivity contribution in [1.29, 1.82) is 0 Å². The standard InChI is InChI=1S/C22H30ClN5OS/c1-5-28(6-2)14-13-27(4)21-12-11-19(15-20(21)23)26-22(30)25-18-9-7-17(8-10-18)24-16(3)29/h7-12,15H,5-6,13-14H2,1-4H3,(H,24,29)(H2,25,26,30). The van der Waals surface area contributed by atoms with E-state index in [0.717, 1.165) is 48.9 Å². The van der Waals surface area contributed by atoms with Gasteiger partial charge in [-0.2, -0.15) is 0 Å². The smallest absolute Gasteiger partial charge is 0.221 e. The topological polar surface area (TPSA) is 59.6 Å². The second kappa shape index (κ2) is 11.7. The summed E-state index contributed by atoms with van der Waals surface area (Å²) < 4.78 is 0. The van der Waals surface area contributed by atoms with Gasteiger partial charge in [-0.1, -0.05) is 25.4 Å². The fourth-order valence-electron chi connectivity index (χ4n) is 2.98. The fourth-order valence-corrected chi connectivity index (χ4v) is 3.54. The highest BCUT2D eigenvalue weighted by Gasteiger charge is 2.09. The Morgan fingerprint density at radius 2 is 1.47 bits per heavy atom. The summed E-state index contributed by atoms with van der Waals surface area (Å²) in [4.78, 5) is 15.6. The Hall–Kier alpha value is -2.35. The lowest BCUT2D eigenvalue weighted by molar-refractivity contribution is -0.114. The number of nitrogens with zero attached hydrogens (tertiary/aromatic N) is 2. The third-order valence-corrected chi connectivity index (χ3v) is 5.23. The normalized spacial score (nSPS) is 10.6. The number of anilines is 4. The van der Waals surface area contributed by atoms with Gasteiger partial charge < -0.3 is 25.8 Å². The molecule has 0 aliphatic rings. The maximum Gasteiger partial charge on any atom is 0.221 e. The summed E-state index contributed by atoms with van der Waals surface area (Å²) in [6.07, 6.45) is 0. The fraction of sp³-hybridized carbons (Fsp3) is 0.364. The first-order valence-electron chi connectivity index (χ1n) is 10.0. The number of thiocarbonyl (C=S) groups is 1. The second-order valence-electron chi connectivity index (χ2n) is 6.95. The average Bonchev–Trinajstić information content (AvgIpc) is 2.69. The Labute approximate surface area is 189 Å². The van der Waals surface area contributed by atoms with Crippen LogP contribution in [0.15, 0.2) is 42.5 Å². The summed E-state index contributed by atoms with van der Waals surface area (Å²) in [5.41, 5.74) is 3.36.